The monoisotopic (exact) mass is 544 g/mol. The summed E-state index contributed by atoms with van der Waals surface area (Å²) in [5, 5.41) is 0.310. The highest BCUT2D eigenvalue weighted by Crippen LogP contribution is 2.38. The Balaban J connectivity index is 1.49. The molecular weight excluding hydrogens is 522 g/mol. The molecule has 1 saturated carbocycles. The molecule has 5 rings (SSSR count). The molecule has 3 aromatic carbocycles. The molecule has 6 nitrogen and oxygen atoms in total. The Labute approximate surface area is 217 Å². The Bertz CT molecular complexity index is 1550. The molecule has 1 atom stereocenters. The highest BCUT2D eigenvalue weighted by atomic mass is 35.5. The molecule has 0 amide bonds. The van der Waals surface area contributed by atoms with Gasteiger partial charge < -0.3 is 14.5 Å². The lowest BCUT2D eigenvalue weighted by atomic mass is 9.96. The number of H-pyrrole nitrogens is 1. The lowest BCUT2D eigenvalue weighted by Crippen LogP contribution is -2.09. The fourth-order valence-electron chi connectivity index (χ4n) is 4.41. The van der Waals surface area contributed by atoms with Crippen LogP contribution in [0.15, 0.2) is 65.6 Å². The zero-order valence-corrected chi connectivity index (χ0v) is 21.1. The number of nitrogens with one attached hydrogen (secondary N) is 1. The minimum Gasteiger partial charge on any atom is -0.434 e. The van der Waals surface area contributed by atoms with E-state index in [4.69, 9.17) is 11.6 Å². The van der Waals surface area contributed by atoms with Gasteiger partial charge in [-0.2, -0.15) is 8.78 Å². The molecule has 1 aromatic heterocycles. The number of aldehydes is 1. The molecule has 10 heteroatoms. The van der Waals surface area contributed by atoms with Gasteiger partial charge in [0, 0.05) is 23.5 Å². The normalized spacial score (nSPS) is 14.7. The number of carbonyl (C=O) groups is 1. The van der Waals surface area contributed by atoms with Gasteiger partial charge in [-0.25, -0.2) is 13.4 Å². The molecule has 1 fully saturated rings. The molecule has 0 bridgehead atoms. The Kier molecular flexibility index (Phi) is 7.00. The maximum absolute atomic E-state index is 12.9. The molecule has 1 heterocycles. The number of nitrogens with zero attached hydrogens (tertiary/aromatic N) is 1. The number of hydrogen-bond donors (Lipinski definition) is 1. The fourth-order valence-corrected chi connectivity index (χ4v) is 6.37. The molecular formula is C27H23ClF2N2O4S. The molecule has 1 unspecified atom stereocenters. The Morgan fingerprint density at radius 1 is 1.08 bits per heavy atom. The van der Waals surface area contributed by atoms with Crippen molar-refractivity contribution in [1.82, 2.24) is 9.97 Å². The third-order valence-electron chi connectivity index (χ3n) is 6.44. The standard InChI is InChI=1S/C27H23ClF2N2O4S/c28-22-14-24-23(13-21(22)20-3-1-2-4-25(20)36-27(29)30)31-26(32-24)19(11-12-33)17-7-9-18(10-8-17)37(34,35)15-16-5-6-16/h1-4,7-10,12-14,16,19,27H,5-6,11,15H2,(H,31,32). The van der Waals surface area contributed by atoms with Gasteiger partial charge in [-0.05, 0) is 54.7 Å². The zero-order chi connectivity index (χ0) is 26.2. The van der Waals surface area contributed by atoms with E-state index in [1.807, 2.05) is 0 Å². The van der Waals surface area contributed by atoms with Crippen LogP contribution in [0.3, 0.4) is 0 Å². The number of aromatic nitrogens is 2. The number of sulfone groups is 1. The van der Waals surface area contributed by atoms with E-state index in [0.717, 1.165) is 24.7 Å². The SMILES string of the molecule is O=CCC(c1ccc(S(=O)(=O)CC2CC2)cc1)c1nc2cc(-c3ccccc3OC(F)F)c(Cl)cc2[nH]1. The van der Waals surface area contributed by atoms with Gasteiger partial charge in [-0.3, -0.25) is 0 Å². The molecule has 1 aliphatic carbocycles. The maximum atomic E-state index is 12.9. The van der Waals surface area contributed by atoms with Crippen molar-refractivity contribution in [2.75, 3.05) is 5.75 Å². The van der Waals surface area contributed by atoms with Crippen LogP contribution in [0.1, 0.15) is 36.6 Å². The van der Waals surface area contributed by atoms with Crippen LogP contribution in [0.5, 0.6) is 5.75 Å². The Hall–Kier alpha value is -3.30. The van der Waals surface area contributed by atoms with Crippen LogP contribution in [0.2, 0.25) is 5.02 Å². The van der Waals surface area contributed by atoms with Crippen LogP contribution in [0.25, 0.3) is 22.2 Å². The van der Waals surface area contributed by atoms with Crippen molar-refractivity contribution in [2.24, 2.45) is 5.92 Å². The topological polar surface area (TPSA) is 89.1 Å². The van der Waals surface area contributed by atoms with E-state index < -0.39 is 22.4 Å². The molecule has 1 N–H and O–H groups in total. The summed E-state index contributed by atoms with van der Waals surface area (Å²) in [6.45, 7) is -2.99. The van der Waals surface area contributed by atoms with Gasteiger partial charge in [-0.15, -0.1) is 0 Å². The third kappa shape index (κ3) is 5.52. The van der Waals surface area contributed by atoms with E-state index in [-0.39, 0.29) is 28.7 Å². The van der Waals surface area contributed by atoms with E-state index >= 15 is 0 Å². The number of imidazole rings is 1. The lowest BCUT2D eigenvalue weighted by Gasteiger charge is -2.13. The molecule has 0 saturated heterocycles. The third-order valence-corrected chi connectivity index (χ3v) is 8.65. The van der Waals surface area contributed by atoms with Crippen LogP contribution >= 0.6 is 11.6 Å². The van der Waals surface area contributed by atoms with Gasteiger partial charge in [0.1, 0.15) is 17.9 Å². The average Bonchev–Trinajstić information content (AvgIpc) is 3.57. The first kappa shape index (κ1) is 25.4. The summed E-state index contributed by atoms with van der Waals surface area (Å²) in [5.41, 5.74) is 2.74. The van der Waals surface area contributed by atoms with Crippen LogP contribution in [0, 0.1) is 5.92 Å². The smallest absolute Gasteiger partial charge is 0.387 e. The first-order valence-electron chi connectivity index (χ1n) is 11.7. The summed E-state index contributed by atoms with van der Waals surface area (Å²) in [7, 11) is -3.35. The fraction of sp³-hybridized carbons (Fsp3) is 0.259. The molecule has 4 aromatic rings. The number of ether oxygens (including phenoxy) is 1. The summed E-state index contributed by atoms with van der Waals surface area (Å²) >= 11 is 6.51. The van der Waals surface area contributed by atoms with E-state index in [0.29, 0.717) is 33.0 Å². The summed E-state index contributed by atoms with van der Waals surface area (Å²) in [6, 6.07) is 16.2. The van der Waals surface area contributed by atoms with Gasteiger partial charge in [0.05, 0.1) is 26.7 Å². The molecule has 37 heavy (non-hydrogen) atoms. The van der Waals surface area contributed by atoms with Gasteiger partial charge in [0.15, 0.2) is 9.84 Å². The molecule has 0 radical (unpaired) electrons. The van der Waals surface area contributed by atoms with Crippen molar-refractivity contribution in [2.45, 2.75) is 36.7 Å². The summed E-state index contributed by atoms with van der Waals surface area (Å²) < 4.78 is 55.7. The van der Waals surface area contributed by atoms with Gasteiger partial charge in [0.2, 0.25) is 0 Å². The second kappa shape index (κ2) is 10.2. The average molecular weight is 545 g/mol. The second-order valence-electron chi connectivity index (χ2n) is 9.09. The summed E-state index contributed by atoms with van der Waals surface area (Å²) in [4.78, 5) is 19.6. The number of para-hydroxylation sites is 1. The minimum absolute atomic E-state index is 0.00920. The van der Waals surface area contributed by atoms with E-state index in [9.17, 15) is 22.0 Å². The molecule has 192 valence electrons. The number of alkyl halides is 2. The van der Waals surface area contributed by atoms with E-state index in [2.05, 4.69) is 14.7 Å². The minimum atomic E-state index is -3.35. The highest BCUT2D eigenvalue weighted by Gasteiger charge is 2.29. The highest BCUT2D eigenvalue weighted by molar-refractivity contribution is 7.91. The largest absolute Gasteiger partial charge is 0.434 e. The predicted molar refractivity (Wildman–Crippen MR) is 137 cm³/mol. The van der Waals surface area contributed by atoms with Crippen molar-refractivity contribution < 1.29 is 26.7 Å². The summed E-state index contributed by atoms with van der Waals surface area (Å²) in [5.74, 6) is 0.448. The van der Waals surface area contributed by atoms with Crippen LogP contribution in [-0.2, 0) is 14.6 Å². The van der Waals surface area contributed by atoms with E-state index in [1.54, 1.807) is 54.6 Å². The Morgan fingerprint density at radius 3 is 2.49 bits per heavy atom. The molecule has 0 aliphatic heterocycles. The number of fused-ring (bicyclic) bond motifs is 1. The predicted octanol–water partition coefficient (Wildman–Crippen LogP) is 6.39. The van der Waals surface area contributed by atoms with Crippen molar-refractivity contribution >= 4 is 38.8 Å². The molecule has 0 spiro atoms. The maximum Gasteiger partial charge on any atom is 0.387 e. The first-order valence-corrected chi connectivity index (χ1v) is 13.8. The second-order valence-corrected chi connectivity index (χ2v) is 11.5. The van der Waals surface area contributed by atoms with Crippen molar-refractivity contribution in [3.05, 3.63) is 77.1 Å². The van der Waals surface area contributed by atoms with Crippen molar-refractivity contribution in [1.29, 1.82) is 0 Å². The van der Waals surface area contributed by atoms with Crippen molar-refractivity contribution in [3.8, 4) is 16.9 Å². The van der Waals surface area contributed by atoms with Crippen molar-refractivity contribution in [3.63, 3.8) is 0 Å². The van der Waals surface area contributed by atoms with E-state index in [1.165, 1.54) is 6.07 Å². The van der Waals surface area contributed by atoms with Crippen LogP contribution in [0.4, 0.5) is 8.78 Å². The number of benzene rings is 3. The quantitative estimate of drug-likeness (QED) is 0.234. The number of hydrogen-bond acceptors (Lipinski definition) is 5. The zero-order valence-electron chi connectivity index (χ0n) is 19.5. The van der Waals surface area contributed by atoms with Gasteiger partial charge in [-0.1, -0.05) is 41.9 Å². The number of aromatic amines is 1. The summed E-state index contributed by atoms with van der Waals surface area (Å²) in [6.07, 6.45) is 2.80. The molecule has 1 aliphatic rings. The number of halogens is 3. The number of carbonyl (C=O) groups excluding carboxylic acids is 1. The Morgan fingerprint density at radius 2 is 1.81 bits per heavy atom. The van der Waals surface area contributed by atoms with Gasteiger partial charge in [0.25, 0.3) is 0 Å². The van der Waals surface area contributed by atoms with Crippen LogP contribution in [-0.4, -0.2) is 37.0 Å². The van der Waals surface area contributed by atoms with Gasteiger partial charge >= 0.3 is 6.61 Å². The lowest BCUT2D eigenvalue weighted by molar-refractivity contribution is -0.108. The number of rotatable bonds is 10. The van der Waals surface area contributed by atoms with Crippen LogP contribution < -0.4 is 4.74 Å². The first-order chi connectivity index (χ1) is 17.7.